The van der Waals surface area contributed by atoms with E-state index in [1.54, 1.807) is 0 Å². The van der Waals surface area contributed by atoms with Crippen molar-refractivity contribution in [1.82, 2.24) is 9.80 Å². The number of hydrogen-bond acceptors (Lipinski definition) is 3. The van der Waals surface area contributed by atoms with Crippen LogP contribution >= 0.6 is 23.8 Å². The van der Waals surface area contributed by atoms with E-state index in [-0.39, 0.29) is 17.3 Å². The van der Waals surface area contributed by atoms with E-state index >= 15 is 0 Å². The molecule has 1 saturated heterocycles. The minimum atomic E-state index is -4.55. The third-order valence-electron chi connectivity index (χ3n) is 4.92. The molecule has 0 unspecified atom stereocenters. The number of nitrogens with one attached hydrogen (secondary N) is 2. The first-order chi connectivity index (χ1) is 15.1. The van der Waals surface area contributed by atoms with Crippen molar-refractivity contribution in [3.8, 4) is 0 Å². The lowest BCUT2D eigenvalue weighted by molar-refractivity contribution is -0.137. The molecular weight excluding hydrogens is 468 g/mol. The Morgan fingerprint density at radius 2 is 1.81 bits per heavy atom. The molecule has 1 aliphatic rings. The van der Waals surface area contributed by atoms with Gasteiger partial charge in [-0.05, 0) is 49.0 Å². The molecule has 0 spiro atoms. The number of nitrogens with zero attached hydrogens (tertiary/aromatic N) is 2. The summed E-state index contributed by atoms with van der Waals surface area (Å²) in [5, 5.41) is 5.81. The highest BCUT2D eigenvalue weighted by Gasteiger charge is 2.33. The van der Waals surface area contributed by atoms with Gasteiger partial charge in [-0.15, -0.1) is 0 Å². The number of carbonyl (C=O) groups excluding carboxylic acids is 1. The Labute approximate surface area is 193 Å². The average molecular weight is 489 g/mol. The van der Waals surface area contributed by atoms with Gasteiger partial charge in [0.05, 0.1) is 22.8 Å². The quantitative estimate of drug-likeness (QED) is 0.476. The maximum atomic E-state index is 13.3. The molecule has 0 saturated carbocycles. The van der Waals surface area contributed by atoms with Crippen LogP contribution in [0.25, 0.3) is 0 Å². The van der Waals surface area contributed by atoms with Crippen molar-refractivity contribution in [2.75, 3.05) is 43.4 Å². The predicted molar refractivity (Wildman–Crippen MR) is 120 cm³/mol. The lowest BCUT2D eigenvalue weighted by Crippen LogP contribution is -2.39. The third kappa shape index (κ3) is 6.54. The van der Waals surface area contributed by atoms with Crippen LogP contribution in [0.4, 0.5) is 28.9 Å². The highest BCUT2D eigenvalue weighted by molar-refractivity contribution is 7.80. The molecule has 1 fully saturated rings. The zero-order chi connectivity index (χ0) is 23.3. The second kappa shape index (κ2) is 10.5. The van der Waals surface area contributed by atoms with Gasteiger partial charge in [0.15, 0.2) is 5.11 Å². The summed E-state index contributed by atoms with van der Waals surface area (Å²) in [6, 6.07) is 9.10. The van der Waals surface area contributed by atoms with Gasteiger partial charge in [0, 0.05) is 31.9 Å². The van der Waals surface area contributed by atoms with Crippen LogP contribution in [0.3, 0.4) is 0 Å². The molecule has 2 aromatic rings. The summed E-state index contributed by atoms with van der Waals surface area (Å²) in [6.45, 7) is 2.22. The fourth-order valence-corrected chi connectivity index (χ4v) is 3.82. The van der Waals surface area contributed by atoms with Crippen LogP contribution in [0.5, 0.6) is 0 Å². The standard InChI is InChI=1S/C21H21ClF4N4OS/c22-16-12-14(6-7-17(16)23)27-20(32)30-9-3-8-29(10-11-30)13-19(31)28-18-5-2-1-4-15(18)21(24,25)26/h1-2,4-7,12H,3,8-11,13H2,(H,27,32)(H,28,31). The van der Waals surface area contributed by atoms with Crippen molar-refractivity contribution >= 4 is 46.2 Å². The predicted octanol–water partition coefficient (Wildman–Crippen LogP) is 4.84. The lowest BCUT2D eigenvalue weighted by atomic mass is 10.1. The number of hydrogen-bond donors (Lipinski definition) is 2. The summed E-state index contributed by atoms with van der Waals surface area (Å²) in [7, 11) is 0. The van der Waals surface area contributed by atoms with Crippen molar-refractivity contribution in [2.45, 2.75) is 12.6 Å². The van der Waals surface area contributed by atoms with Crippen LogP contribution in [-0.4, -0.2) is 53.5 Å². The number of para-hydroxylation sites is 1. The molecule has 2 aromatic carbocycles. The number of amides is 1. The fourth-order valence-electron chi connectivity index (χ4n) is 3.34. The average Bonchev–Trinajstić information content (AvgIpc) is 2.96. The van der Waals surface area contributed by atoms with Gasteiger partial charge >= 0.3 is 6.18 Å². The number of benzene rings is 2. The number of alkyl halides is 3. The Morgan fingerprint density at radius 1 is 1.06 bits per heavy atom. The molecule has 0 atom stereocenters. The minimum absolute atomic E-state index is 0.0158. The molecule has 11 heteroatoms. The Bertz CT molecular complexity index is 989. The van der Waals surface area contributed by atoms with Crippen molar-refractivity contribution in [2.24, 2.45) is 0 Å². The molecule has 1 amide bonds. The molecule has 172 valence electrons. The van der Waals surface area contributed by atoms with Gasteiger partial charge in [-0.1, -0.05) is 23.7 Å². The molecule has 0 radical (unpaired) electrons. The SMILES string of the molecule is O=C(CN1CCCN(C(=S)Nc2ccc(F)c(Cl)c2)CC1)Nc1ccccc1C(F)(F)F. The van der Waals surface area contributed by atoms with Crippen LogP contribution < -0.4 is 10.6 Å². The summed E-state index contributed by atoms with van der Waals surface area (Å²) in [6.07, 6.45) is -3.84. The van der Waals surface area contributed by atoms with E-state index in [0.717, 1.165) is 6.07 Å². The van der Waals surface area contributed by atoms with Gasteiger partial charge in [-0.25, -0.2) is 4.39 Å². The second-order valence-electron chi connectivity index (χ2n) is 7.27. The molecular formula is C21H21ClF4N4OS. The molecule has 2 N–H and O–H groups in total. The maximum absolute atomic E-state index is 13.3. The van der Waals surface area contributed by atoms with Gasteiger partial charge in [0.25, 0.3) is 0 Å². The van der Waals surface area contributed by atoms with Crippen LogP contribution in [0.15, 0.2) is 42.5 Å². The van der Waals surface area contributed by atoms with Crippen LogP contribution in [-0.2, 0) is 11.0 Å². The topological polar surface area (TPSA) is 47.6 Å². The monoisotopic (exact) mass is 488 g/mol. The van der Waals surface area contributed by atoms with Gasteiger partial charge in [0.2, 0.25) is 5.91 Å². The molecule has 0 aromatic heterocycles. The normalized spacial score (nSPS) is 15.2. The first kappa shape index (κ1) is 24.2. The number of rotatable bonds is 4. The molecule has 1 aliphatic heterocycles. The molecule has 1 heterocycles. The molecule has 0 bridgehead atoms. The Kier molecular flexibility index (Phi) is 7.91. The van der Waals surface area contributed by atoms with Gasteiger partial charge in [-0.2, -0.15) is 13.2 Å². The first-order valence-electron chi connectivity index (χ1n) is 9.83. The minimum Gasteiger partial charge on any atom is -0.348 e. The zero-order valence-corrected chi connectivity index (χ0v) is 18.5. The van der Waals surface area contributed by atoms with E-state index in [2.05, 4.69) is 10.6 Å². The van der Waals surface area contributed by atoms with Crippen molar-refractivity contribution < 1.29 is 22.4 Å². The highest BCUT2D eigenvalue weighted by Crippen LogP contribution is 2.34. The van der Waals surface area contributed by atoms with E-state index in [9.17, 15) is 22.4 Å². The van der Waals surface area contributed by atoms with Crippen molar-refractivity contribution in [3.63, 3.8) is 0 Å². The fraction of sp³-hybridized carbons (Fsp3) is 0.333. The summed E-state index contributed by atoms with van der Waals surface area (Å²) >= 11 is 11.2. The van der Waals surface area contributed by atoms with Crippen molar-refractivity contribution in [1.29, 1.82) is 0 Å². The number of thiocarbonyl (C=S) groups is 1. The van der Waals surface area contributed by atoms with Gasteiger partial charge < -0.3 is 15.5 Å². The van der Waals surface area contributed by atoms with E-state index in [4.69, 9.17) is 23.8 Å². The van der Waals surface area contributed by atoms with Crippen LogP contribution in [0, 0.1) is 5.82 Å². The molecule has 5 nitrogen and oxygen atoms in total. The van der Waals surface area contributed by atoms with Crippen molar-refractivity contribution in [3.05, 3.63) is 58.9 Å². The summed E-state index contributed by atoms with van der Waals surface area (Å²) in [4.78, 5) is 16.2. The van der Waals surface area contributed by atoms with Gasteiger partial charge in [0.1, 0.15) is 5.82 Å². The highest BCUT2D eigenvalue weighted by atomic mass is 35.5. The van der Waals surface area contributed by atoms with E-state index in [0.29, 0.717) is 43.4 Å². The third-order valence-corrected chi connectivity index (χ3v) is 5.57. The summed E-state index contributed by atoms with van der Waals surface area (Å²) < 4.78 is 52.7. The maximum Gasteiger partial charge on any atom is 0.418 e. The van der Waals surface area contributed by atoms with Crippen LogP contribution in [0.1, 0.15) is 12.0 Å². The Balaban J connectivity index is 1.53. The molecule has 3 rings (SSSR count). The Hall–Kier alpha value is -2.43. The number of anilines is 2. The van der Waals surface area contributed by atoms with Gasteiger partial charge in [-0.3, -0.25) is 9.69 Å². The van der Waals surface area contributed by atoms with E-state index in [1.807, 2.05) is 9.80 Å². The number of halogens is 5. The summed E-state index contributed by atoms with van der Waals surface area (Å²) in [5.41, 5.74) is -0.581. The summed E-state index contributed by atoms with van der Waals surface area (Å²) in [5.74, 6) is -1.04. The zero-order valence-electron chi connectivity index (χ0n) is 16.9. The van der Waals surface area contributed by atoms with Crippen LogP contribution in [0.2, 0.25) is 5.02 Å². The largest absolute Gasteiger partial charge is 0.418 e. The number of carbonyl (C=O) groups is 1. The first-order valence-corrected chi connectivity index (χ1v) is 10.6. The van der Waals surface area contributed by atoms with E-state index < -0.39 is 23.5 Å². The smallest absolute Gasteiger partial charge is 0.348 e. The van der Waals surface area contributed by atoms with E-state index in [1.165, 1.54) is 36.4 Å². The Morgan fingerprint density at radius 3 is 2.53 bits per heavy atom. The molecule has 32 heavy (non-hydrogen) atoms. The second-order valence-corrected chi connectivity index (χ2v) is 8.06. The molecule has 0 aliphatic carbocycles. The lowest BCUT2D eigenvalue weighted by Gasteiger charge is -2.24.